The second-order valence-electron chi connectivity index (χ2n) is 7.96. The molecular weight excluding hydrogens is 514 g/mol. The molecule has 0 unspecified atom stereocenters. The fourth-order valence-electron chi connectivity index (χ4n) is 3.84. The van der Waals surface area contributed by atoms with Gasteiger partial charge in [-0.1, -0.05) is 24.3 Å². The van der Waals surface area contributed by atoms with E-state index in [2.05, 4.69) is 18.1 Å². The minimum Gasteiger partial charge on any atom is -0.483 e. The van der Waals surface area contributed by atoms with Gasteiger partial charge in [0.2, 0.25) is 8.38 Å². The van der Waals surface area contributed by atoms with E-state index in [1.807, 2.05) is 0 Å². The van der Waals surface area contributed by atoms with Crippen molar-refractivity contribution in [3.63, 3.8) is 0 Å². The number of nitrogens with zero attached hydrogens (tertiary/aromatic N) is 2. The second kappa shape index (κ2) is 12.7. The Balaban J connectivity index is 1.79. The van der Waals surface area contributed by atoms with Crippen LogP contribution in [0.25, 0.3) is 10.9 Å². The third-order valence-electron chi connectivity index (χ3n) is 5.45. The van der Waals surface area contributed by atoms with Crippen molar-refractivity contribution < 1.29 is 37.2 Å². The first-order valence-corrected chi connectivity index (χ1v) is 12.9. The van der Waals surface area contributed by atoms with Crippen LogP contribution in [0.5, 0.6) is 11.5 Å². The van der Waals surface area contributed by atoms with Crippen LogP contribution in [-0.2, 0) is 20.3 Å². The maximum Gasteiger partial charge on any atom is 0.265 e. The number of halogens is 1. The van der Waals surface area contributed by atoms with E-state index in [4.69, 9.17) is 23.3 Å². The quantitative estimate of drug-likeness (QED) is 0.119. The fourth-order valence-corrected chi connectivity index (χ4v) is 4.85. The van der Waals surface area contributed by atoms with Gasteiger partial charge in [-0.25, -0.2) is 4.39 Å². The average Bonchev–Trinajstić information content (AvgIpc) is 3.17. The van der Waals surface area contributed by atoms with E-state index >= 15 is 0 Å². The molecule has 0 fully saturated rings. The SMILES string of the molecule is C=CCOP(COc1c2c(c(OCOC)c3ncccc13)C(=O)N(Cc1ccc(F)cc1)C2=O)OCC=C. The number of imide groups is 1. The number of ether oxygens (including phenoxy) is 3. The third kappa shape index (κ3) is 5.74. The lowest BCUT2D eigenvalue weighted by atomic mass is 10.0. The van der Waals surface area contributed by atoms with Crippen molar-refractivity contribution in [2.75, 3.05) is 33.5 Å². The molecule has 0 radical (unpaired) electrons. The molecule has 2 aromatic carbocycles. The van der Waals surface area contributed by atoms with Gasteiger partial charge < -0.3 is 23.3 Å². The Morgan fingerprint density at radius 1 is 0.974 bits per heavy atom. The molecule has 0 saturated carbocycles. The van der Waals surface area contributed by atoms with Crippen LogP contribution in [0.4, 0.5) is 4.39 Å². The van der Waals surface area contributed by atoms with E-state index in [0.717, 1.165) is 4.90 Å². The molecule has 11 heteroatoms. The number of rotatable bonds is 14. The average molecular weight is 540 g/mol. The largest absolute Gasteiger partial charge is 0.483 e. The standard InChI is InChI=1S/C27H26FN2O7P/c1-4-13-36-38(37-14-5-2)17-35-24-20-7-6-12-29-23(20)25(34-16-33-3)22-21(24)26(31)30(27(22)32)15-18-8-10-19(28)11-9-18/h4-12H,1-2,13-17H2,3H3. The zero-order valence-electron chi connectivity index (χ0n) is 20.7. The highest BCUT2D eigenvalue weighted by molar-refractivity contribution is 7.47. The summed E-state index contributed by atoms with van der Waals surface area (Å²) in [5, 5.41) is 0.463. The number of fused-ring (bicyclic) bond motifs is 2. The van der Waals surface area contributed by atoms with Gasteiger partial charge in [-0.15, -0.1) is 13.2 Å². The molecule has 0 bridgehead atoms. The van der Waals surface area contributed by atoms with Gasteiger partial charge in [-0.2, -0.15) is 0 Å². The van der Waals surface area contributed by atoms with Crippen LogP contribution in [0.3, 0.4) is 0 Å². The molecule has 198 valence electrons. The highest BCUT2D eigenvalue weighted by atomic mass is 31.2. The van der Waals surface area contributed by atoms with Crippen molar-refractivity contribution >= 4 is 31.1 Å². The smallest absolute Gasteiger partial charge is 0.265 e. The molecule has 0 spiro atoms. The summed E-state index contributed by atoms with van der Waals surface area (Å²) < 4.78 is 41.8. The van der Waals surface area contributed by atoms with Crippen LogP contribution in [0.2, 0.25) is 0 Å². The van der Waals surface area contributed by atoms with Gasteiger partial charge in [0, 0.05) is 18.7 Å². The maximum absolute atomic E-state index is 13.7. The van der Waals surface area contributed by atoms with E-state index in [0.29, 0.717) is 16.5 Å². The molecule has 2 heterocycles. The molecule has 0 atom stereocenters. The Bertz CT molecular complexity index is 1340. The van der Waals surface area contributed by atoms with Crippen molar-refractivity contribution in [3.05, 3.63) is 90.4 Å². The molecule has 3 aromatic rings. The van der Waals surface area contributed by atoms with Gasteiger partial charge in [-0.05, 0) is 29.8 Å². The molecule has 1 aromatic heterocycles. The van der Waals surface area contributed by atoms with Crippen LogP contribution in [-0.4, -0.2) is 55.2 Å². The molecule has 9 nitrogen and oxygen atoms in total. The molecule has 4 rings (SSSR count). The summed E-state index contributed by atoms with van der Waals surface area (Å²) in [5.74, 6) is -1.33. The minimum atomic E-state index is -1.54. The molecule has 38 heavy (non-hydrogen) atoms. The molecule has 0 saturated heterocycles. The van der Waals surface area contributed by atoms with E-state index < -0.39 is 26.0 Å². The van der Waals surface area contributed by atoms with Gasteiger partial charge >= 0.3 is 0 Å². The molecule has 0 aliphatic carbocycles. The predicted molar refractivity (Wildman–Crippen MR) is 140 cm³/mol. The van der Waals surface area contributed by atoms with Gasteiger partial charge in [0.05, 0.1) is 25.3 Å². The lowest BCUT2D eigenvalue weighted by Crippen LogP contribution is -2.29. The normalized spacial score (nSPS) is 12.8. The number of carbonyl (C=O) groups excluding carboxylic acids is 2. The second-order valence-corrected chi connectivity index (χ2v) is 9.40. The molecular formula is C27H26FN2O7P. The summed E-state index contributed by atoms with van der Waals surface area (Å²) in [6.45, 7) is 7.52. The number of pyridine rings is 1. The summed E-state index contributed by atoms with van der Waals surface area (Å²) in [4.78, 5) is 32.8. The minimum absolute atomic E-state index is 0.0127. The fraction of sp³-hybridized carbons (Fsp3) is 0.222. The first kappa shape index (κ1) is 27.3. The predicted octanol–water partition coefficient (Wildman–Crippen LogP) is 5.21. The zero-order valence-corrected chi connectivity index (χ0v) is 21.6. The van der Waals surface area contributed by atoms with Gasteiger partial charge in [-0.3, -0.25) is 19.5 Å². The van der Waals surface area contributed by atoms with E-state index in [-0.39, 0.29) is 55.5 Å². The van der Waals surface area contributed by atoms with Crippen LogP contribution < -0.4 is 9.47 Å². The number of methoxy groups -OCH3 is 1. The Morgan fingerprint density at radius 2 is 1.63 bits per heavy atom. The van der Waals surface area contributed by atoms with Crippen molar-refractivity contribution in [2.24, 2.45) is 0 Å². The number of amides is 2. The zero-order chi connectivity index (χ0) is 27.1. The number of benzene rings is 2. The lowest BCUT2D eigenvalue weighted by Gasteiger charge is -2.19. The number of hydrogen-bond acceptors (Lipinski definition) is 8. The Labute approximate surface area is 220 Å². The van der Waals surface area contributed by atoms with Crippen molar-refractivity contribution in [1.29, 1.82) is 0 Å². The van der Waals surface area contributed by atoms with Gasteiger partial charge in [0.1, 0.15) is 22.6 Å². The molecule has 1 aliphatic rings. The summed E-state index contributed by atoms with van der Waals surface area (Å²) in [6, 6.07) is 8.96. The third-order valence-corrected chi connectivity index (χ3v) is 6.67. The Morgan fingerprint density at radius 3 is 2.26 bits per heavy atom. The summed E-state index contributed by atoms with van der Waals surface area (Å²) in [5.41, 5.74) is 0.945. The topological polar surface area (TPSA) is 96.4 Å². The lowest BCUT2D eigenvalue weighted by molar-refractivity contribution is 0.0505. The number of hydrogen-bond donors (Lipinski definition) is 0. The van der Waals surface area contributed by atoms with Gasteiger partial charge in [0.15, 0.2) is 18.9 Å². The van der Waals surface area contributed by atoms with Crippen LogP contribution in [0.1, 0.15) is 26.3 Å². The number of aromatic nitrogens is 1. The van der Waals surface area contributed by atoms with E-state index in [1.165, 1.54) is 31.4 Å². The maximum atomic E-state index is 13.7. The summed E-state index contributed by atoms with van der Waals surface area (Å²) in [6.07, 6.45) is 4.68. The first-order chi connectivity index (χ1) is 18.5. The first-order valence-electron chi connectivity index (χ1n) is 11.5. The van der Waals surface area contributed by atoms with E-state index in [9.17, 15) is 14.0 Å². The summed E-state index contributed by atoms with van der Waals surface area (Å²) >= 11 is 0. The van der Waals surface area contributed by atoms with Crippen molar-refractivity contribution in [2.45, 2.75) is 6.54 Å². The van der Waals surface area contributed by atoms with Crippen LogP contribution in [0.15, 0.2) is 67.9 Å². The van der Waals surface area contributed by atoms with Crippen LogP contribution >= 0.6 is 8.38 Å². The van der Waals surface area contributed by atoms with Crippen LogP contribution in [0, 0.1) is 5.82 Å². The van der Waals surface area contributed by atoms with E-state index in [1.54, 1.807) is 30.5 Å². The monoisotopic (exact) mass is 540 g/mol. The number of carbonyl (C=O) groups is 2. The highest BCUT2D eigenvalue weighted by Gasteiger charge is 2.43. The highest BCUT2D eigenvalue weighted by Crippen LogP contribution is 2.46. The Kier molecular flexibility index (Phi) is 9.15. The summed E-state index contributed by atoms with van der Waals surface area (Å²) in [7, 11) is -0.0958. The van der Waals surface area contributed by atoms with Crippen molar-refractivity contribution in [3.8, 4) is 11.5 Å². The van der Waals surface area contributed by atoms with Crippen molar-refractivity contribution in [1.82, 2.24) is 9.88 Å². The van der Waals surface area contributed by atoms with Gasteiger partial charge in [0.25, 0.3) is 11.8 Å². The molecule has 0 N–H and O–H groups in total. The molecule has 1 aliphatic heterocycles. The Hall–Kier alpha value is -3.69. The molecule has 2 amide bonds.